The molecule has 1 saturated heterocycles. The van der Waals surface area contributed by atoms with Gasteiger partial charge in [-0.2, -0.15) is 0 Å². The van der Waals surface area contributed by atoms with Crippen molar-refractivity contribution >= 4 is 23.9 Å². The van der Waals surface area contributed by atoms with Gasteiger partial charge in [0.1, 0.15) is 11.6 Å². The van der Waals surface area contributed by atoms with Crippen molar-refractivity contribution in [1.29, 1.82) is 0 Å². The maximum absolute atomic E-state index is 12.5. The SMILES string of the molecule is COc1cc(N)ncc1N1CCCC(CC(F)F)C1.Cl. The Morgan fingerprint density at radius 3 is 2.95 bits per heavy atom. The van der Waals surface area contributed by atoms with E-state index in [-0.39, 0.29) is 24.7 Å². The first-order valence-corrected chi connectivity index (χ1v) is 6.42. The largest absolute Gasteiger partial charge is 0.494 e. The van der Waals surface area contributed by atoms with Crippen molar-refractivity contribution in [2.24, 2.45) is 5.92 Å². The van der Waals surface area contributed by atoms with E-state index < -0.39 is 6.43 Å². The summed E-state index contributed by atoms with van der Waals surface area (Å²) in [7, 11) is 1.57. The van der Waals surface area contributed by atoms with Crippen LogP contribution < -0.4 is 15.4 Å². The van der Waals surface area contributed by atoms with Gasteiger partial charge in [0.15, 0.2) is 0 Å². The molecule has 1 fully saturated rings. The lowest BCUT2D eigenvalue weighted by molar-refractivity contribution is 0.110. The predicted molar refractivity (Wildman–Crippen MR) is 78.0 cm³/mol. The number of nitrogens with two attached hydrogens (primary N) is 1. The quantitative estimate of drug-likeness (QED) is 0.929. The molecule has 2 N–H and O–H groups in total. The molecule has 2 rings (SSSR count). The molecule has 20 heavy (non-hydrogen) atoms. The third-order valence-corrected chi connectivity index (χ3v) is 3.46. The molecule has 7 heteroatoms. The van der Waals surface area contributed by atoms with Crippen molar-refractivity contribution in [3.05, 3.63) is 12.3 Å². The van der Waals surface area contributed by atoms with Gasteiger partial charge < -0.3 is 15.4 Å². The molecule has 1 aliphatic heterocycles. The van der Waals surface area contributed by atoms with Gasteiger partial charge in [-0.25, -0.2) is 13.8 Å². The average molecular weight is 308 g/mol. The van der Waals surface area contributed by atoms with Crippen LogP contribution >= 0.6 is 12.4 Å². The number of pyridine rings is 1. The van der Waals surface area contributed by atoms with Crippen LogP contribution in [0.4, 0.5) is 20.3 Å². The molecule has 0 aliphatic carbocycles. The van der Waals surface area contributed by atoms with Crippen molar-refractivity contribution in [3.8, 4) is 5.75 Å². The summed E-state index contributed by atoms with van der Waals surface area (Å²) in [5, 5.41) is 0. The summed E-state index contributed by atoms with van der Waals surface area (Å²) in [6.07, 6.45) is 1.13. The summed E-state index contributed by atoms with van der Waals surface area (Å²) >= 11 is 0. The third-order valence-electron chi connectivity index (χ3n) is 3.46. The van der Waals surface area contributed by atoms with Crippen LogP contribution in [0.5, 0.6) is 5.75 Å². The molecule has 0 spiro atoms. The molecular weight excluding hydrogens is 288 g/mol. The van der Waals surface area contributed by atoms with E-state index in [4.69, 9.17) is 10.5 Å². The molecule has 1 atom stereocenters. The van der Waals surface area contributed by atoms with Gasteiger partial charge in [0, 0.05) is 25.6 Å². The second kappa shape index (κ2) is 7.47. The number of aromatic nitrogens is 1. The van der Waals surface area contributed by atoms with Gasteiger partial charge >= 0.3 is 0 Å². The van der Waals surface area contributed by atoms with Gasteiger partial charge in [-0.3, -0.25) is 0 Å². The van der Waals surface area contributed by atoms with Gasteiger partial charge in [0.25, 0.3) is 0 Å². The van der Waals surface area contributed by atoms with Crippen LogP contribution in [0, 0.1) is 5.92 Å². The number of rotatable bonds is 4. The number of methoxy groups -OCH3 is 1. The number of halogens is 3. The molecule has 1 unspecified atom stereocenters. The first-order chi connectivity index (χ1) is 9.10. The smallest absolute Gasteiger partial charge is 0.239 e. The number of ether oxygens (including phenoxy) is 1. The third kappa shape index (κ3) is 4.10. The summed E-state index contributed by atoms with van der Waals surface area (Å²) in [5.74, 6) is 1.06. The second-order valence-electron chi connectivity index (χ2n) is 4.86. The Morgan fingerprint density at radius 1 is 1.55 bits per heavy atom. The summed E-state index contributed by atoms with van der Waals surface area (Å²) in [6.45, 7) is 1.45. The van der Waals surface area contributed by atoms with E-state index in [1.165, 1.54) is 0 Å². The highest BCUT2D eigenvalue weighted by atomic mass is 35.5. The van der Waals surface area contributed by atoms with E-state index in [1.807, 2.05) is 0 Å². The van der Waals surface area contributed by atoms with Crippen LogP contribution in [0.25, 0.3) is 0 Å². The van der Waals surface area contributed by atoms with Crippen molar-refractivity contribution in [3.63, 3.8) is 0 Å². The Labute approximate surface area is 123 Å². The molecule has 2 heterocycles. The maximum Gasteiger partial charge on any atom is 0.239 e. The first kappa shape index (κ1) is 16.8. The number of hydrogen-bond donors (Lipinski definition) is 1. The zero-order valence-electron chi connectivity index (χ0n) is 11.4. The van der Waals surface area contributed by atoms with Crippen molar-refractivity contribution in [1.82, 2.24) is 4.98 Å². The van der Waals surface area contributed by atoms with Crippen molar-refractivity contribution in [2.45, 2.75) is 25.7 Å². The molecule has 0 amide bonds. The fraction of sp³-hybridized carbons (Fsp3) is 0.615. The number of nitrogens with zero attached hydrogens (tertiary/aromatic N) is 2. The fourth-order valence-electron chi connectivity index (χ4n) is 2.57. The van der Waals surface area contributed by atoms with E-state index in [0.717, 1.165) is 25.1 Å². The molecular formula is C13H20ClF2N3O. The molecule has 1 aliphatic rings. The lowest BCUT2D eigenvalue weighted by Gasteiger charge is -2.34. The normalized spacial score (nSPS) is 18.8. The van der Waals surface area contributed by atoms with Gasteiger partial charge in [-0.1, -0.05) is 0 Å². The Kier molecular flexibility index (Phi) is 6.26. The molecule has 0 saturated carbocycles. The highest BCUT2D eigenvalue weighted by Crippen LogP contribution is 2.33. The van der Waals surface area contributed by atoms with E-state index >= 15 is 0 Å². The van der Waals surface area contributed by atoms with E-state index in [2.05, 4.69) is 9.88 Å². The zero-order valence-corrected chi connectivity index (χ0v) is 12.2. The number of hydrogen-bond acceptors (Lipinski definition) is 4. The Bertz CT molecular complexity index is 434. The van der Waals surface area contributed by atoms with Crippen LogP contribution in [-0.2, 0) is 0 Å². The minimum atomic E-state index is -2.24. The average Bonchev–Trinajstić information content (AvgIpc) is 2.38. The van der Waals surface area contributed by atoms with Gasteiger partial charge in [-0.05, 0) is 18.8 Å². The summed E-state index contributed by atoms with van der Waals surface area (Å²) in [6, 6.07) is 1.66. The molecule has 0 radical (unpaired) electrons. The van der Waals surface area contributed by atoms with Crippen LogP contribution in [0.15, 0.2) is 12.3 Å². The number of alkyl halides is 2. The Hall–Kier alpha value is -1.30. The van der Waals surface area contributed by atoms with Crippen LogP contribution in [-0.4, -0.2) is 31.6 Å². The summed E-state index contributed by atoms with van der Waals surface area (Å²) < 4.78 is 30.2. The minimum absolute atomic E-state index is 0. The molecule has 1 aromatic heterocycles. The highest BCUT2D eigenvalue weighted by molar-refractivity contribution is 5.85. The standard InChI is InChI=1S/C13H19F2N3O.ClH/c1-19-11-6-13(16)17-7-10(11)18-4-2-3-9(8-18)5-12(14)15;/h6-7,9,12H,2-5,8H2,1H3,(H2,16,17);1H. The Morgan fingerprint density at radius 2 is 2.30 bits per heavy atom. The van der Waals surface area contributed by atoms with E-state index in [0.29, 0.717) is 18.1 Å². The number of nitrogen functional groups attached to an aromatic ring is 1. The number of anilines is 2. The van der Waals surface area contributed by atoms with E-state index in [1.54, 1.807) is 19.4 Å². The molecule has 114 valence electrons. The molecule has 4 nitrogen and oxygen atoms in total. The first-order valence-electron chi connectivity index (χ1n) is 6.42. The van der Waals surface area contributed by atoms with Gasteiger partial charge in [0.2, 0.25) is 6.43 Å². The van der Waals surface area contributed by atoms with Crippen molar-refractivity contribution in [2.75, 3.05) is 30.8 Å². The van der Waals surface area contributed by atoms with E-state index in [9.17, 15) is 8.78 Å². The van der Waals surface area contributed by atoms with Crippen LogP contribution in [0.3, 0.4) is 0 Å². The predicted octanol–water partition coefficient (Wildman–Crippen LogP) is 2.97. The monoisotopic (exact) mass is 307 g/mol. The molecule has 1 aromatic rings. The maximum atomic E-state index is 12.5. The second-order valence-corrected chi connectivity index (χ2v) is 4.86. The lowest BCUT2D eigenvalue weighted by atomic mass is 9.94. The van der Waals surface area contributed by atoms with Gasteiger partial charge in [-0.15, -0.1) is 12.4 Å². The van der Waals surface area contributed by atoms with Crippen LogP contribution in [0.1, 0.15) is 19.3 Å². The topological polar surface area (TPSA) is 51.4 Å². The molecule has 0 aromatic carbocycles. The number of piperidine rings is 1. The lowest BCUT2D eigenvalue weighted by Crippen LogP contribution is -2.36. The summed E-state index contributed by atoms with van der Waals surface area (Å²) in [5.41, 5.74) is 6.45. The fourth-order valence-corrected chi connectivity index (χ4v) is 2.57. The summed E-state index contributed by atoms with van der Waals surface area (Å²) in [4.78, 5) is 6.11. The minimum Gasteiger partial charge on any atom is -0.494 e. The van der Waals surface area contributed by atoms with Crippen molar-refractivity contribution < 1.29 is 13.5 Å². The van der Waals surface area contributed by atoms with Crippen LogP contribution in [0.2, 0.25) is 0 Å². The van der Waals surface area contributed by atoms with Gasteiger partial charge in [0.05, 0.1) is 19.0 Å². The Balaban J connectivity index is 0.00000200. The highest BCUT2D eigenvalue weighted by Gasteiger charge is 2.24. The zero-order chi connectivity index (χ0) is 13.8. The molecule has 0 bridgehead atoms.